The van der Waals surface area contributed by atoms with Gasteiger partial charge in [-0.05, 0) is 30.3 Å². The minimum Gasteiger partial charge on any atom is -0.486 e. The predicted molar refractivity (Wildman–Crippen MR) is 107 cm³/mol. The van der Waals surface area contributed by atoms with Crippen LogP contribution in [0.25, 0.3) is 21.1 Å². The fourth-order valence-electron chi connectivity index (χ4n) is 3.21. The van der Waals surface area contributed by atoms with Crippen molar-refractivity contribution < 1.29 is 18.7 Å². The van der Waals surface area contributed by atoms with Crippen LogP contribution in [-0.2, 0) is 0 Å². The number of ether oxygens (including phenoxy) is 2. The number of carbonyl (C=O) groups is 1. The molecule has 2 aromatic carbocycles. The maximum atomic E-state index is 12.6. The van der Waals surface area contributed by atoms with Gasteiger partial charge in [-0.1, -0.05) is 24.3 Å². The first-order valence-corrected chi connectivity index (χ1v) is 9.63. The fraction of sp³-hybridized carbons (Fsp3) is 0.143. The smallest absolute Gasteiger partial charge is 0.345 e. The first-order valence-electron chi connectivity index (χ1n) is 8.81. The van der Waals surface area contributed by atoms with Crippen molar-refractivity contribution >= 4 is 38.3 Å². The third-order valence-electron chi connectivity index (χ3n) is 4.57. The topological polar surface area (TPSA) is 77.8 Å². The Kier molecular flexibility index (Phi) is 4.02. The molecule has 1 N–H and O–H groups in total. The Morgan fingerprint density at radius 2 is 1.86 bits per heavy atom. The van der Waals surface area contributed by atoms with Crippen LogP contribution in [0.2, 0.25) is 0 Å². The van der Waals surface area contributed by atoms with E-state index in [2.05, 4.69) is 5.32 Å². The Morgan fingerprint density at radius 3 is 2.75 bits per heavy atom. The molecule has 5 rings (SSSR count). The van der Waals surface area contributed by atoms with Crippen molar-refractivity contribution in [3.8, 4) is 11.5 Å². The molecular formula is C21H15NO5S. The van der Waals surface area contributed by atoms with Gasteiger partial charge in [0.05, 0.1) is 21.5 Å². The van der Waals surface area contributed by atoms with Crippen LogP contribution >= 0.6 is 11.3 Å². The van der Waals surface area contributed by atoms with E-state index in [1.54, 1.807) is 12.1 Å². The van der Waals surface area contributed by atoms with E-state index in [4.69, 9.17) is 13.9 Å². The zero-order valence-electron chi connectivity index (χ0n) is 14.6. The van der Waals surface area contributed by atoms with Gasteiger partial charge in [-0.2, -0.15) is 0 Å². The van der Waals surface area contributed by atoms with E-state index in [-0.39, 0.29) is 12.0 Å². The monoisotopic (exact) mass is 393 g/mol. The van der Waals surface area contributed by atoms with Crippen LogP contribution in [0.1, 0.15) is 9.67 Å². The lowest BCUT2D eigenvalue weighted by Crippen LogP contribution is -2.40. The van der Waals surface area contributed by atoms with E-state index in [0.717, 1.165) is 10.1 Å². The number of amides is 1. The number of thiophene rings is 1. The van der Waals surface area contributed by atoms with Crippen molar-refractivity contribution in [2.75, 3.05) is 13.2 Å². The summed E-state index contributed by atoms with van der Waals surface area (Å²) in [7, 11) is 0. The standard InChI is InChI=1S/C21H15NO5S/c23-20(22-10-12-11-25-16-7-3-4-8-17(16)26-12)18-9-14-19(28-18)13-5-1-2-6-15(13)27-21(14)24/h1-9,12H,10-11H2,(H,22,23)/t12-/m1/s1. The number of para-hydroxylation sites is 3. The van der Waals surface area contributed by atoms with Gasteiger partial charge < -0.3 is 19.2 Å². The predicted octanol–water partition coefficient (Wildman–Crippen LogP) is 3.58. The van der Waals surface area contributed by atoms with Crippen molar-refractivity contribution in [2.24, 2.45) is 0 Å². The largest absolute Gasteiger partial charge is 0.486 e. The molecule has 0 fully saturated rings. The summed E-state index contributed by atoms with van der Waals surface area (Å²) in [6.45, 7) is 0.661. The molecule has 0 aliphatic carbocycles. The number of benzene rings is 2. The molecule has 0 saturated carbocycles. The number of hydrogen-bond acceptors (Lipinski definition) is 6. The van der Waals surface area contributed by atoms with E-state index >= 15 is 0 Å². The van der Waals surface area contributed by atoms with Gasteiger partial charge in [0.1, 0.15) is 18.3 Å². The molecule has 0 spiro atoms. The second-order valence-corrected chi connectivity index (χ2v) is 7.50. The van der Waals surface area contributed by atoms with Gasteiger partial charge in [-0.15, -0.1) is 11.3 Å². The molecule has 4 aromatic rings. The van der Waals surface area contributed by atoms with E-state index in [9.17, 15) is 9.59 Å². The van der Waals surface area contributed by atoms with Crippen molar-refractivity contribution in [1.29, 1.82) is 0 Å². The lowest BCUT2D eigenvalue weighted by atomic mass is 10.2. The van der Waals surface area contributed by atoms with Crippen molar-refractivity contribution in [2.45, 2.75) is 6.10 Å². The van der Waals surface area contributed by atoms with E-state index in [1.807, 2.05) is 42.5 Å². The van der Waals surface area contributed by atoms with E-state index in [0.29, 0.717) is 40.5 Å². The normalized spacial score (nSPS) is 15.6. The minimum atomic E-state index is -0.440. The summed E-state index contributed by atoms with van der Waals surface area (Å²) in [6, 6.07) is 16.3. The van der Waals surface area contributed by atoms with Crippen molar-refractivity contribution in [1.82, 2.24) is 5.32 Å². The van der Waals surface area contributed by atoms with Gasteiger partial charge >= 0.3 is 5.63 Å². The summed E-state index contributed by atoms with van der Waals surface area (Å²) in [4.78, 5) is 25.3. The maximum Gasteiger partial charge on any atom is 0.345 e. The Labute approximate surface area is 163 Å². The number of rotatable bonds is 3. The molecule has 1 atom stereocenters. The molecule has 2 aromatic heterocycles. The van der Waals surface area contributed by atoms with Crippen LogP contribution < -0.4 is 20.4 Å². The second-order valence-electron chi connectivity index (χ2n) is 6.45. The Bertz CT molecular complexity index is 1260. The number of carbonyl (C=O) groups excluding carboxylic acids is 1. The van der Waals surface area contributed by atoms with Crippen LogP contribution in [0.3, 0.4) is 0 Å². The Morgan fingerprint density at radius 1 is 1.07 bits per heavy atom. The van der Waals surface area contributed by atoms with Gasteiger partial charge in [-0.25, -0.2) is 4.79 Å². The van der Waals surface area contributed by atoms with Crippen molar-refractivity contribution in [3.05, 3.63) is 69.9 Å². The number of hydrogen-bond donors (Lipinski definition) is 1. The number of fused-ring (bicyclic) bond motifs is 4. The molecule has 7 heteroatoms. The first kappa shape index (κ1) is 16.8. The highest BCUT2D eigenvalue weighted by Gasteiger charge is 2.22. The molecule has 3 heterocycles. The summed E-state index contributed by atoms with van der Waals surface area (Å²) >= 11 is 1.28. The molecule has 140 valence electrons. The number of nitrogens with one attached hydrogen (secondary N) is 1. The molecule has 0 bridgehead atoms. The molecule has 28 heavy (non-hydrogen) atoms. The lowest BCUT2D eigenvalue weighted by molar-refractivity contribution is 0.0791. The maximum absolute atomic E-state index is 12.6. The molecule has 0 radical (unpaired) electrons. The molecule has 0 saturated heterocycles. The van der Waals surface area contributed by atoms with Crippen LogP contribution in [0.4, 0.5) is 0 Å². The van der Waals surface area contributed by atoms with Gasteiger partial charge in [0.15, 0.2) is 11.5 Å². The molecule has 6 nitrogen and oxygen atoms in total. The molecule has 1 aliphatic heterocycles. The van der Waals surface area contributed by atoms with Gasteiger partial charge in [0.2, 0.25) is 0 Å². The summed E-state index contributed by atoms with van der Waals surface area (Å²) in [5.74, 6) is 1.11. The summed E-state index contributed by atoms with van der Waals surface area (Å²) in [6.07, 6.45) is -0.279. The van der Waals surface area contributed by atoms with Gasteiger partial charge in [0.25, 0.3) is 5.91 Å². The van der Waals surface area contributed by atoms with E-state index < -0.39 is 5.63 Å². The summed E-state index contributed by atoms with van der Waals surface area (Å²) in [5, 5.41) is 4.10. The van der Waals surface area contributed by atoms with Crippen LogP contribution in [0.15, 0.2) is 63.8 Å². The highest BCUT2D eigenvalue weighted by molar-refractivity contribution is 7.21. The lowest BCUT2D eigenvalue weighted by Gasteiger charge is -2.26. The molecule has 1 amide bonds. The fourth-order valence-corrected chi connectivity index (χ4v) is 4.30. The SMILES string of the molecule is O=C(NC[C@@H]1COc2ccccc2O1)c1cc2c(=O)oc3ccccc3c2s1. The molecule has 0 unspecified atom stereocenters. The summed E-state index contributed by atoms with van der Waals surface area (Å²) < 4.78 is 17.6. The average molecular weight is 393 g/mol. The average Bonchev–Trinajstić information content (AvgIpc) is 3.18. The van der Waals surface area contributed by atoms with Gasteiger partial charge in [-0.3, -0.25) is 4.79 Å². The van der Waals surface area contributed by atoms with Gasteiger partial charge in [0, 0.05) is 5.39 Å². The van der Waals surface area contributed by atoms with Crippen LogP contribution in [0, 0.1) is 0 Å². The highest BCUT2D eigenvalue weighted by Crippen LogP contribution is 2.32. The van der Waals surface area contributed by atoms with Crippen molar-refractivity contribution in [3.63, 3.8) is 0 Å². The Hall–Kier alpha value is -3.32. The second kappa shape index (κ2) is 6.69. The summed E-state index contributed by atoms with van der Waals surface area (Å²) in [5.41, 5.74) is 0.0739. The van der Waals surface area contributed by atoms with Crippen LogP contribution in [0.5, 0.6) is 11.5 Å². The third kappa shape index (κ3) is 2.90. The zero-order chi connectivity index (χ0) is 19.1. The minimum absolute atomic E-state index is 0.257. The quantitative estimate of drug-likeness (QED) is 0.539. The van der Waals surface area contributed by atoms with E-state index in [1.165, 1.54) is 11.3 Å². The molecule has 1 aliphatic rings. The molecular weight excluding hydrogens is 378 g/mol. The third-order valence-corrected chi connectivity index (χ3v) is 5.74. The highest BCUT2D eigenvalue weighted by atomic mass is 32.1. The van der Waals surface area contributed by atoms with Crippen LogP contribution in [-0.4, -0.2) is 25.2 Å². The Balaban J connectivity index is 1.36. The first-order chi connectivity index (χ1) is 13.7. The zero-order valence-corrected chi connectivity index (χ0v) is 15.5.